The average Bonchev–Trinajstić information content (AvgIpc) is 3.11. The molecule has 1 N–H and O–H groups in total. The van der Waals surface area contributed by atoms with E-state index in [4.69, 9.17) is 11.6 Å². The van der Waals surface area contributed by atoms with Gasteiger partial charge >= 0.3 is 0 Å². The van der Waals surface area contributed by atoms with Gasteiger partial charge in [0.15, 0.2) is 17.0 Å². The van der Waals surface area contributed by atoms with Crippen LogP contribution >= 0.6 is 11.6 Å². The van der Waals surface area contributed by atoms with Crippen LogP contribution in [0, 0.1) is 0 Å². The Morgan fingerprint density at radius 3 is 2.04 bits per heavy atom. The number of nitrogens with zero attached hydrogens (tertiary/aromatic N) is 4. The largest absolute Gasteiger partial charge is 0.357 e. The minimum Gasteiger partial charge on any atom is -0.357 e. The number of imidazole rings is 1. The number of hydrogen-bond acceptors (Lipinski definition) is 4. The zero-order chi connectivity index (χ0) is 18.8. The van der Waals surface area contributed by atoms with Gasteiger partial charge in [0.2, 0.25) is 5.28 Å². The van der Waals surface area contributed by atoms with Crippen molar-refractivity contribution in [3.63, 3.8) is 0 Å². The molecule has 6 heteroatoms. The fraction of sp³-hybridized carbons (Fsp3) is 0.190. The molecule has 0 amide bonds. The fourth-order valence-electron chi connectivity index (χ4n) is 3.16. The minimum absolute atomic E-state index is 0.0780. The van der Waals surface area contributed by atoms with Gasteiger partial charge in [0.05, 0.1) is 12.4 Å². The minimum atomic E-state index is -0.0780. The molecule has 0 spiro atoms. The molecule has 0 atom stereocenters. The van der Waals surface area contributed by atoms with Gasteiger partial charge in [-0.1, -0.05) is 60.7 Å². The van der Waals surface area contributed by atoms with E-state index < -0.39 is 0 Å². The van der Waals surface area contributed by atoms with Crippen LogP contribution < -0.4 is 5.32 Å². The van der Waals surface area contributed by atoms with Crippen LogP contribution in [0.15, 0.2) is 67.0 Å². The summed E-state index contributed by atoms with van der Waals surface area (Å²) in [6.07, 6.45) is 1.78. The van der Waals surface area contributed by atoms with E-state index in [-0.39, 0.29) is 17.4 Å². The third-order valence-electron chi connectivity index (χ3n) is 4.50. The standard InChI is InChI=1S/C21H20ClN5/c1-14(2)27-13-23-18-19(25-21(22)26-20(18)27)24-17(15-9-5-3-6-10-15)16-11-7-4-8-12-16/h3-14,17H,1-2H3,(H,24,25,26). The van der Waals surface area contributed by atoms with Gasteiger partial charge in [0.1, 0.15) is 0 Å². The second kappa shape index (κ2) is 7.37. The van der Waals surface area contributed by atoms with Crippen LogP contribution in [-0.2, 0) is 0 Å². The molecule has 2 heterocycles. The molecule has 2 aromatic carbocycles. The van der Waals surface area contributed by atoms with Gasteiger partial charge in [-0.25, -0.2) is 4.98 Å². The number of nitrogens with one attached hydrogen (secondary N) is 1. The summed E-state index contributed by atoms with van der Waals surface area (Å²) in [7, 11) is 0. The van der Waals surface area contributed by atoms with Gasteiger partial charge < -0.3 is 9.88 Å². The Morgan fingerprint density at radius 2 is 1.48 bits per heavy atom. The molecule has 5 nitrogen and oxygen atoms in total. The monoisotopic (exact) mass is 377 g/mol. The van der Waals surface area contributed by atoms with Crippen LogP contribution in [0.2, 0.25) is 5.28 Å². The molecule has 0 saturated carbocycles. The third-order valence-corrected chi connectivity index (χ3v) is 4.67. The molecule has 0 saturated heterocycles. The zero-order valence-electron chi connectivity index (χ0n) is 15.2. The van der Waals surface area contributed by atoms with Crippen molar-refractivity contribution in [2.24, 2.45) is 0 Å². The Kier molecular flexibility index (Phi) is 4.77. The van der Waals surface area contributed by atoms with E-state index >= 15 is 0 Å². The summed E-state index contributed by atoms with van der Waals surface area (Å²) in [6, 6.07) is 20.7. The van der Waals surface area contributed by atoms with Crippen LogP contribution in [0.4, 0.5) is 5.82 Å². The van der Waals surface area contributed by atoms with Crippen molar-refractivity contribution in [3.8, 4) is 0 Å². The summed E-state index contributed by atoms with van der Waals surface area (Å²) >= 11 is 6.23. The Morgan fingerprint density at radius 1 is 0.889 bits per heavy atom. The first-order chi connectivity index (χ1) is 13.1. The van der Waals surface area contributed by atoms with E-state index in [1.165, 1.54) is 0 Å². The number of rotatable bonds is 5. The van der Waals surface area contributed by atoms with Crippen molar-refractivity contribution in [2.45, 2.75) is 25.9 Å². The second-order valence-electron chi connectivity index (χ2n) is 6.66. The predicted octanol–water partition coefficient (Wildman–Crippen LogP) is 5.26. The van der Waals surface area contributed by atoms with Crippen LogP contribution in [-0.4, -0.2) is 19.5 Å². The summed E-state index contributed by atoms with van der Waals surface area (Å²) in [5.74, 6) is 0.627. The van der Waals surface area contributed by atoms with Crippen molar-refractivity contribution in [1.82, 2.24) is 19.5 Å². The van der Waals surface area contributed by atoms with Gasteiger partial charge in [0, 0.05) is 6.04 Å². The molecular formula is C21H20ClN5. The lowest BCUT2D eigenvalue weighted by atomic mass is 9.99. The van der Waals surface area contributed by atoms with Gasteiger partial charge in [-0.2, -0.15) is 9.97 Å². The molecular weight excluding hydrogens is 358 g/mol. The number of anilines is 1. The molecule has 4 aromatic rings. The molecule has 2 aromatic heterocycles. The van der Waals surface area contributed by atoms with Crippen LogP contribution in [0.1, 0.15) is 37.1 Å². The molecule has 4 rings (SSSR count). The van der Waals surface area contributed by atoms with Gasteiger partial charge in [-0.3, -0.25) is 0 Å². The van der Waals surface area contributed by atoms with Gasteiger partial charge in [-0.05, 0) is 36.6 Å². The number of halogens is 1. The molecule has 0 bridgehead atoms. The summed E-state index contributed by atoms with van der Waals surface area (Å²) < 4.78 is 1.99. The summed E-state index contributed by atoms with van der Waals surface area (Å²) in [5.41, 5.74) is 3.71. The van der Waals surface area contributed by atoms with E-state index in [2.05, 4.69) is 58.4 Å². The smallest absolute Gasteiger partial charge is 0.226 e. The molecule has 0 aliphatic rings. The maximum atomic E-state index is 6.23. The molecule has 0 fully saturated rings. The highest BCUT2D eigenvalue weighted by Crippen LogP contribution is 2.30. The highest BCUT2D eigenvalue weighted by molar-refractivity contribution is 6.28. The summed E-state index contributed by atoms with van der Waals surface area (Å²) in [6.45, 7) is 4.17. The van der Waals surface area contributed by atoms with E-state index in [9.17, 15) is 0 Å². The summed E-state index contributed by atoms with van der Waals surface area (Å²) in [5, 5.41) is 3.74. The van der Waals surface area contributed by atoms with Gasteiger partial charge in [0.25, 0.3) is 0 Å². The van der Waals surface area contributed by atoms with Crippen molar-refractivity contribution in [1.29, 1.82) is 0 Å². The van der Waals surface area contributed by atoms with Gasteiger partial charge in [-0.15, -0.1) is 0 Å². The number of aromatic nitrogens is 4. The quantitative estimate of drug-likeness (QED) is 0.482. The third kappa shape index (κ3) is 3.51. The Hall–Kier alpha value is -2.92. The molecule has 0 aliphatic heterocycles. The van der Waals surface area contributed by atoms with Crippen LogP contribution in [0.3, 0.4) is 0 Å². The highest BCUT2D eigenvalue weighted by atomic mass is 35.5. The first-order valence-electron chi connectivity index (χ1n) is 8.90. The van der Waals surface area contributed by atoms with Crippen molar-refractivity contribution in [3.05, 3.63) is 83.4 Å². The molecule has 27 heavy (non-hydrogen) atoms. The highest BCUT2D eigenvalue weighted by Gasteiger charge is 2.19. The maximum absolute atomic E-state index is 6.23. The molecule has 0 unspecified atom stereocenters. The normalized spacial score (nSPS) is 11.4. The lowest BCUT2D eigenvalue weighted by Gasteiger charge is -2.20. The first kappa shape index (κ1) is 17.5. The Bertz CT molecular complexity index is 1000. The molecule has 0 aliphatic carbocycles. The number of benzene rings is 2. The maximum Gasteiger partial charge on any atom is 0.226 e. The Labute approximate surface area is 163 Å². The van der Waals surface area contributed by atoms with Crippen molar-refractivity contribution >= 4 is 28.6 Å². The summed E-state index contributed by atoms with van der Waals surface area (Å²) in [4.78, 5) is 13.4. The van der Waals surface area contributed by atoms with Crippen molar-refractivity contribution < 1.29 is 0 Å². The Balaban J connectivity index is 1.82. The predicted molar refractivity (Wildman–Crippen MR) is 109 cm³/mol. The fourth-order valence-corrected chi connectivity index (χ4v) is 3.32. The van der Waals surface area contributed by atoms with E-state index in [1.54, 1.807) is 6.33 Å². The number of hydrogen-bond donors (Lipinski definition) is 1. The van der Waals surface area contributed by atoms with E-state index in [0.717, 1.165) is 16.8 Å². The topological polar surface area (TPSA) is 55.6 Å². The molecule has 136 valence electrons. The average molecular weight is 378 g/mol. The zero-order valence-corrected chi connectivity index (χ0v) is 15.9. The van der Waals surface area contributed by atoms with Crippen molar-refractivity contribution in [2.75, 3.05) is 5.32 Å². The first-order valence-corrected chi connectivity index (χ1v) is 9.28. The lowest BCUT2D eigenvalue weighted by Crippen LogP contribution is -2.14. The van der Waals surface area contributed by atoms with Crippen LogP contribution in [0.5, 0.6) is 0 Å². The SMILES string of the molecule is CC(C)n1cnc2c(NC(c3ccccc3)c3ccccc3)nc(Cl)nc21. The lowest BCUT2D eigenvalue weighted by molar-refractivity contribution is 0.612. The second-order valence-corrected chi connectivity index (χ2v) is 7.00. The number of fused-ring (bicyclic) bond motifs is 1. The van der Waals surface area contributed by atoms with Crippen LogP contribution in [0.25, 0.3) is 11.2 Å². The van der Waals surface area contributed by atoms with E-state index in [0.29, 0.717) is 11.3 Å². The molecule has 0 radical (unpaired) electrons. The van der Waals surface area contributed by atoms with E-state index in [1.807, 2.05) is 41.0 Å².